The highest BCUT2D eigenvalue weighted by atomic mass is 16.6. The van der Waals surface area contributed by atoms with Gasteiger partial charge in [0.15, 0.2) is 17.5 Å². The Morgan fingerprint density at radius 1 is 0.867 bits per heavy atom. The van der Waals surface area contributed by atoms with E-state index in [-0.39, 0.29) is 6.61 Å². The van der Waals surface area contributed by atoms with E-state index in [4.69, 9.17) is 9.47 Å². The van der Waals surface area contributed by atoms with E-state index < -0.39 is 17.0 Å². The van der Waals surface area contributed by atoms with Crippen LogP contribution in [0.2, 0.25) is 0 Å². The average Bonchev–Trinajstić information content (AvgIpc) is 2.78. The van der Waals surface area contributed by atoms with Crippen LogP contribution in [0.5, 0.6) is 11.5 Å². The van der Waals surface area contributed by atoms with Crippen molar-refractivity contribution in [1.29, 1.82) is 0 Å². The van der Waals surface area contributed by atoms with E-state index in [9.17, 15) is 15.0 Å². The van der Waals surface area contributed by atoms with Gasteiger partial charge in [0.2, 0.25) is 6.04 Å². The molecule has 0 N–H and O–H groups in total. The lowest BCUT2D eigenvalue weighted by Gasteiger charge is -2.17. The summed E-state index contributed by atoms with van der Waals surface area (Å²) < 4.78 is 11.9. The highest BCUT2D eigenvalue weighted by molar-refractivity contribution is 5.44. The first-order valence-electron chi connectivity index (χ1n) is 9.52. The fraction of sp³-hybridized carbons (Fsp3) is 0.217. The monoisotopic (exact) mass is 406 g/mol. The molecule has 0 aliphatic carbocycles. The van der Waals surface area contributed by atoms with Crippen LogP contribution in [0.15, 0.2) is 84.0 Å². The van der Waals surface area contributed by atoms with Crippen LogP contribution in [0, 0.1) is 15.0 Å². The minimum Gasteiger partial charge on any atom is -0.485 e. The average molecular weight is 406 g/mol. The van der Waals surface area contributed by atoms with Crippen molar-refractivity contribution in [2.45, 2.75) is 32.2 Å². The summed E-state index contributed by atoms with van der Waals surface area (Å²) in [7, 11) is 0. The van der Waals surface area contributed by atoms with Crippen molar-refractivity contribution in [3.05, 3.63) is 111 Å². The fourth-order valence-corrected chi connectivity index (χ4v) is 2.95. The lowest BCUT2D eigenvalue weighted by Crippen LogP contribution is -2.22. The molecule has 3 aromatic carbocycles. The molecule has 2 atom stereocenters. The Hall–Kier alpha value is -3.74. The fourth-order valence-electron chi connectivity index (χ4n) is 2.95. The van der Waals surface area contributed by atoms with Crippen LogP contribution >= 0.6 is 0 Å². The quantitative estimate of drug-likeness (QED) is 0.258. The van der Waals surface area contributed by atoms with Gasteiger partial charge in [0.05, 0.1) is 0 Å². The number of nitrogens with zero attached hydrogens (tertiary/aromatic N) is 2. The van der Waals surface area contributed by atoms with Gasteiger partial charge in [0, 0.05) is 11.8 Å². The summed E-state index contributed by atoms with van der Waals surface area (Å²) in [6, 6.07) is 21.9. The molecule has 0 aliphatic heterocycles. The van der Waals surface area contributed by atoms with Gasteiger partial charge in [-0.05, 0) is 28.8 Å². The molecule has 2 unspecified atom stereocenters. The highest BCUT2D eigenvalue weighted by Crippen LogP contribution is 2.34. The van der Waals surface area contributed by atoms with Crippen molar-refractivity contribution in [2.75, 3.05) is 0 Å². The smallest absolute Gasteiger partial charge is 0.240 e. The van der Waals surface area contributed by atoms with E-state index in [2.05, 4.69) is 5.18 Å². The largest absolute Gasteiger partial charge is 0.485 e. The van der Waals surface area contributed by atoms with Crippen LogP contribution < -0.4 is 9.47 Å². The Labute approximate surface area is 174 Å². The molecule has 0 amide bonds. The predicted molar refractivity (Wildman–Crippen MR) is 113 cm³/mol. The Kier molecular flexibility index (Phi) is 7.10. The molecule has 30 heavy (non-hydrogen) atoms. The van der Waals surface area contributed by atoms with Gasteiger partial charge in [-0.2, -0.15) is 0 Å². The molecule has 0 bridgehead atoms. The maximum Gasteiger partial charge on any atom is 0.240 e. The van der Waals surface area contributed by atoms with Crippen LogP contribution in [0.1, 0.15) is 29.7 Å². The standard InChI is InChI=1S/C23H22N2O5/c1-17(25(27)28)23(24-26)20-12-13-21(29-15-18-8-4-2-5-9-18)22(14-20)30-16-19-10-6-3-7-11-19/h2-14,17,23H,15-16H2,1H3. The number of rotatable bonds is 10. The zero-order valence-electron chi connectivity index (χ0n) is 16.5. The van der Waals surface area contributed by atoms with Crippen molar-refractivity contribution in [3.8, 4) is 11.5 Å². The molecule has 0 aliphatic rings. The van der Waals surface area contributed by atoms with Crippen LogP contribution in [0.4, 0.5) is 0 Å². The Bertz CT molecular complexity index is 979. The first-order chi connectivity index (χ1) is 14.6. The van der Waals surface area contributed by atoms with Gasteiger partial charge in [0.1, 0.15) is 13.2 Å². The summed E-state index contributed by atoms with van der Waals surface area (Å²) in [5.41, 5.74) is 2.36. The van der Waals surface area contributed by atoms with Crippen molar-refractivity contribution in [2.24, 2.45) is 5.18 Å². The molecule has 0 aromatic heterocycles. The molecule has 0 spiro atoms. The van der Waals surface area contributed by atoms with E-state index in [1.165, 1.54) is 6.92 Å². The van der Waals surface area contributed by atoms with Crippen LogP contribution in [-0.4, -0.2) is 11.0 Å². The van der Waals surface area contributed by atoms with E-state index in [1.807, 2.05) is 60.7 Å². The second kappa shape index (κ2) is 10.2. The van der Waals surface area contributed by atoms with E-state index in [0.29, 0.717) is 23.7 Å². The third-order valence-electron chi connectivity index (χ3n) is 4.69. The maximum atomic E-state index is 11.3. The maximum absolute atomic E-state index is 11.3. The molecule has 0 saturated carbocycles. The SMILES string of the molecule is CC(C(N=O)c1ccc(OCc2ccccc2)c(OCc2ccccc2)c1)[N+](=O)[O-]. The number of nitro groups is 1. The van der Waals surface area contributed by atoms with E-state index >= 15 is 0 Å². The van der Waals surface area contributed by atoms with Gasteiger partial charge in [-0.15, -0.1) is 4.91 Å². The second-order valence-electron chi connectivity index (χ2n) is 6.83. The lowest BCUT2D eigenvalue weighted by molar-refractivity contribution is -0.522. The molecule has 7 nitrogen and oxygen atoms in total. The Morgan fingerprint density at radius 3 is 1.90 bits per heavy atom. The summed E-state index contributed by atoms with van der Waals surface area (Å²) in [6.07, 6.45) is 0. The normalized spacial score (nSPS) is 12.6. The molecular weight excluding hydrogens is 384 g/mol. The van der Waals surface area contributed by atoms with Crippen molar-refractivity contribution in [3.63, 3.8) is 0 Å². The third kappa shape index (κ3) is 5.41. The van der Waals surface area contributed by atoms with Crippen molar-refractivity contribution >= 4 is 0 Å². The van der Waals surface area contributed by atoms with Gasteiger partial charge < -0.3 is 9.47 Å². The van der Waals surface area contributed by atoms with E-state index in [1.54, 1.807) is 18.2 Å². The minimum atomic E-state index is -1.15. The minimum absolute atomic E-state index is 0.288. The molecule has 3 rings (SSSR count). The van der Waals surface area contributed by atoms with Gasteiger partial charge in [-0.3, -0.25) is 10.1 Å². The summed E-state index contributed by atoms with van der Waals surface area (Å²) in [6.45, 7) is 1.98. The number of benzene rings is 3. The van der Waals surface area contributed by atoms with Gasteiger partial charge in [0.25, 0.3) is 0 Å². The van der Waals surface area contributed by atoms with Crippen molar-refractivity contribution in [1.82, 2.24) is 0 Å². The number of hydrogen-bond acceptors (Lipinski definition) is 6. The molecular formula is C23H22N2O5. The molecule has 0 fully saturated rings. The summed E-state index contributed by atoms with van der Waals surface area (Å²) >= 11 is 0. The van der Waals surface area contributed by atoms with Crippen molar-refractivity contribution < 1.29 is 14.4 Å². The summed E-state index contributed by atoms with van der Waals surface area (Å²) in [4.78, 5) is 21.9. The number of nitroso groups, excluding NO2 is 1. The number of ether oxygens (including phenoxy) is 2. The summed E-state index contributed by atoms with van der Waals surface area (Å²) in [5, 5.41) is 14.1. The van der Waals surface area contributed by atoms with Crippen LogP contribution in [0.3, 0.4) is 0 Å². The Morgan fingerprint density at radius 2 is 1.40 bits per heavy atom. The number of hydrogen-bond donors (Lipinski definition) is 0. The third-order valence-corrected chi connectivity index (χ3v) is 4.69. The first kappa shape index (κ1) is 21.0. The highest BCUT2D eigenvalue weighted by Gasteiger charge is 2.30. The zero-order valence-corrected chi connectivity index (χ0v) is 16.5. The summed E-state index contributed by atoms with van der Waals surface area (Å²) in [5.74, 6) is 0.883. The molecule has 3 aromatic rings. The van der Waals surface area contributed by atoms with Gasteiger partial charge in [-0.1, -0.05) is 71.9 Å². The van der Waals surface area contributed by atoms with Crippen LogP contribution in [-0.2, 0) is 13.2 Å². The van der Waals surface area contributed by atoms with Gasteiger partial charge >= 0.3 is 0 Å². The molecule has 0 heterocycles. The topological polar surface area (TPSA) is 91.0 Å². The first-order valence-corrected chi connectivity index (χ1v) is 9.52. The molecule has 0 radical (unpaired) electrons. The van der Waals surface area contributed by atoms with Crippen LogP contribution in [0.25, 0.3) is 0 Å². The second-order valence-corrected chi connectivity index (χ2v) is 6.83. The van der Waals surface area contributed by atoms with Gasteiger partial charge in [-0.25, -0.2) is 0 Å². The molecule has 154 valence electrons. The molecule has 7 heteroatoms. The lowest BCUT2D eigenvalue weighted by atomic mass is 10.0. The predicted octanol–water partition coefficient (Wildman–Crippen LogP) is 5.32. The zero-order chi connectivity index (χ0) is 21.3. The molecule has 0 saturated heterocycles. The van der Waals surface area contributed by atoms with E-state index in [0.717, 1.165) is 11.1 Å². The Balaban J connectivity index is 1.86.